The maximum absolute atomic E-state index is 11.5. The van der Waals surface area contributed by atoms with Crippen molar-refractivity contribution < 1.29 is 14.6 Å². The fraction of sp³-hybridized carbons (Fsp3) is 0.0625. The second-order valence-electron chi connectivity index (χ2n) is 4.72. The predicted octanol–water partition coefficient (Wildman–Crippen LogP) is 3.29. The minimum absolute atomic E-state index is 0.143. The van der Waals surface area contributed by atoms with Crippen molar-refractivity contribution in [3.8, 4) is 22.7 Å². The molecule has 0 saturated heterocycles. The molecule has 23 heavy (non-hydrogen) atoms. The molecule has 6 nitrogen and oxygen atoms in total. The van der Waals surface area contributed by atoms with Crippen LogP contribution in [-0.4, -0.2) is 33.2 Å². The van der Waals surface area contributed by atoms with E-state index in [1.54, 1.807) is 55.6 Å². The van der Waals surface area contributed by atoms with E-state index < -0.39 is 5.97 Å². The van der Waals surface area contributed by atoms with Crippen molar-refractivity contribution in [2.75, 3.05) is 7.11 Å². The van der Waals surface area contributed by atoms with E-state index in [9.17, 15) is 9.90 Å². The molecule has 0 bridgehead atoms. The summed E-state index contributed by atoms with van der Waals surface area (Å²) >= 11 is 6.02. The lowest BCUT2D eigenvalue weighted by atomic mass is 10.1. The molecule has 0 saturated carbocycles. The highest BCUT2D eigenvalue weighted by Crippen LogP contribution is 2.28. The highest BCUT2D eigenvalue weighted by atomic mass is 35.5. The van der Waals surface area contributed by atoms with Crippen molar-refractivity contribution in [2.45, 2.75) is 0 Å². The summed E-state index contributed by atoms with van der Waals surface area (Å²) in [6.07, 6.45) is 0. The fourth-order valence-corrected chi connectivity index (χ4v) is 2.43. The monoisotopic (exact) mass is 329 g/mol. The van der Waals surface area contributed by atoms with Gasteiger partial charge in [-0.1, -0.05) is 35.0 Å². The van der Waals surface area contributed by atoms with Crippen LogP contribution in [0.2, 0.25) is 5.02 Å². The van der Waals surface area contributed by atoms with E-state index in [4.69, 9.17) is 16.3 Å². The summed E-state index contributed by atoms with van der Waals surface area (Å²) in [6, 6.07) is 14.0. The average molecular weight is 330 g/mol. The zero-order valence-corrected chi connectivity index (χ0v) is 12.9. The molecule has 3 aromatic rings. The van der Waals surface area contributed by atoms with Crippen LogP contribution in [0, 0.1) is 0 Å². The van der Waals surface area contributed by atoms with Crippen molar-refractivity contribution in [1.82, 2.24) is 15.0 Å². The van der Waals surface area contributed by atoms with E-state index in [-0.39, 0.29) is 5.69 Å². The van der Waals surface area contributed by atoms with Crippen LogP contribution in [0.5, 0.6) is 5.75 Å². The third kappa shape index (κ3) is 2.89. The molecule has 0 fully saturated rings. The standard InChI is InChI=1S/C16H12ClN3O3/c1-23-13-7-3-6-12(9-13)20-15(14(16(21)22)18-19-20)10-4-2-5-11(17)8-10/h2-9H,1H3,(H,21,22). The topological polar surface area (TPSA) is 77.2 Å². The number of nitrogens with zero attached hydrogens (tertiary/aromatic N) is 3. The highest BCUT2D eigenvalue weighted by molar-refractivity contribution is 6.30. The van der Waals surface area contributed by atoms with Gasteiger partial charge in [0.2, 0.25) is 0 Å². The van der Waals surface area contributed by atoms with Crippen molar-refractivity contribution in [1.29, 1.82) is 0 Å². The first-order valence-electron chi connectivity index (χ1n) is 6.69. The Kier molecular flexibility index (Phi) is 3.99. The van der Waals surface area contributed by atoms with Gasteiger partial charge >= 0.3 is 5.97 Å². The maximum atomic E-state index is 11.5. The Bertz CT molecular complexity index is 877. The smallest absolute Gasteiger partial charge is 0.358 e. The van der Waals surface area contributed by atoms with Crippen molar-refractivity contribution in [2.24, 2.45) is 0 Å². The van der Waals surface area contributed by atoms with Gasteiger partial charge < -0.3 is 9.84 Å². The zero-order chi connectivity index (χ0) is 16.4. The van der Waals surface area contributed by atoms with Crippen LogP contribution in [0.4, 0.5) is 0 Å². The highest BCUT2D eigenvalue weighted by Gasteiger charge is 2.21. The van der Waals surface area contributed by atoms with E-state index in [1.807, 2.05) is 0 Å². The first kappa shape index (κ1) is 15.1. The largest absolute Gasteiger partial charge is 0.497 e. The van der Waals surface area contributed by atoms with Crippen LogP contribution in [0.15, 0.2) is 48.5 Å². The second-order valence-corrected chi connectivity index (χ2v) is 5.15. The number of rotatable bonds is 4. The molecule has 0 aliphatic carbocycles. The minimum atomic E-state index is -1.16. The van der Waals surface area contributed by atoms with Gasteiger partial charge in [-0.05, 0) is 24.3 Å². The molecule has 116 valence electrons. The lowest BCUT2D eigenvalue weighted by molar-refractivity contribution is 0.0691. The van der Waals surface area contributed by atoms with Gasteiger partial charge in [0.1, 0.15) is 11.4 Å². The van der Waals surface area contributed by atoms with Gasteiger partial charge in [-0.25, -0.2) is 9.48 Å². The molecule has 3 rings (SSSR count). The Hall–Kier alpha value is -2.86. The van der Waals surface area contributed by atoms with Crippen LogP contribution in [0.25, 0.3) is 16.9 Å². The van der Waals surface area contributed by atoms with Gasteiger partial charge in [0.05, 0.1) is 12.8 Å². The number of aromatic carboxylic acids is 1. The molecule has 0 spiro atoms. The lowest BCUT2D eigenvalue weighted by Gasteiger charge is -2.09. The van der Waals surface area contributed by atoms with E-state index in [2.05, 4.69) is 10.3 Å². The Labute approximate surface area is 136 Å². The Morgan fingerprint density at radius 1 is 1.22 bits per heavy atom. The molecule has 0 atom stereocenters. The molecule has 0 unspecified atom stereocenters. The molecule has 1 N–H and O–H groups in total. The second kappa shape index (κ2) is 6.10. The molecular formula is C16H12ClN3O3. The Morgan fingerprint density at radius 3 is 2.70 bits per heavy atom. The summed E-state index contributed by atoms with van der Waals surface area (Å²) in [4.78, 5) is 11.5. The molecule has 0 aliphatic rings. The number of carboxylic acids is 1. The van der Waals surface area contributed by atoms with Crippen LogP contribution < -0.4 is 4.74 Å². The molecule has 0 amide bonds. The SMILES string of the molecule is COc1cccc(-n2nnc(C(=O)O)c2-c2cccc(Cl)c2)c1. The Balaban J connectivity index is 2.24. The molecular weight excluding hydrogens is 318 g/mol. The number of carboxylic acid groups (broad SMARTS) is 1. The number of hydrogen-bond donors (Lipinski definition) is 1. The summed E-state index contributed by atoms with van der Waals surface area (Å²) in [7, 11) is 1.56. The maximum Gasteiger partial charge on any atom is 0.358 e. The van der Waals surface area contributed by atoms with E-state index >= 15 is 0 Å². The summed E-state index contributed by atoms with van der Waals surface area (Å²) in [5.41, 5.74) is 1.46. The minimum Gasteiger partial charge on any atom is -0.497 e. The van der Waals surface area contributed by atoms with Gasteiger partial charge in [0.25, 0.3) is 0 Å². The van der Waals surface area contributed by atoms with Crippen LogP contribution in [0.3, 0.4) is 0 Å². The lowest BCUT2D eigenvalue weighted by Crippen LogP contribution is -2.03. The predicted molar refractivity (Wildman–Crippen MR) is 85.3 cm³/mol. The zero-order valence-electron chi connectivity index (χ0n) is 12.1. The first-order valence-corrected chi connectivity index (χ1v) is 7.07. The van der Waals surface area contributed by atoms with Crippen molar-refractivity contribution >= 4 is 17.6 Å². The summed E-state index contributed by atoms with van der Waals surface area (Å²) < 4.78 is 6.65. The van der Waals surface area contributed by atoms with E-state index in [0.717, 1.165) is 0 Å². The molecule has 1 heterocycles. The quantitative estimate of drug-likeness (QED) is 0.794. The van der Waals surface area contributed by atoms with E-state index in [0.29, 0.717) is 27.7 Å². The van der Waals surface area contributed by atoms with Gasteiger partial charge in [-0.3, -0.25) is 0 Å². The third-order valence-electron chi connectivity index (χ3n) is 3.27. The van der Waals surface area contributed by atoms with Crippen molar-refractivity contribution in [3.63, 3.8) is 0 Å². The summed E-state index contributed by atoms with van der Waals surface area (Å²) in [5, 5.41) is 17.6. The van der Waals surface area contributed by atoms with Crippen molar-refractivity contribution in [3.05, 3.63) is 59.2 Å². The molecule has 0 radical (unpaired) electrons. The molecule has 2 aromatic carbocycles. The average Bonchev–Trinajstić information content (AvgIpc) is 3.00. The number of methoxy groups -OCH3 is 1. The van der Waals surface area contributed by atoms with Gasteiger partial charge in [0.15, 0.2) is 5.69 Å². The van der Waals surface area contributed by atoms with Crippen LogP contribution in [0.1, 0.15) is 10.5 Å². The number of halogens is 1. The van der Waals surface area contributed by atoms with E-state index in [1.165, 1.54) is 4.68 Å². The number of ether oxygens (including phenoxy) is 1. The molecule has 7 heteroatoms. The van der Waals surface area contributed by atoms with Crippen LogP contribution >= 0.6 is 11.6 Å². The third-order valence-corrected chi connectivity index (χ3v) is 3.50. The van der Waals surface area contributed by atoms with Gasteiger partial charge in [0, 0.05) is 16.7 Å². The van der Waals surface area contributed by atoms with Gasteiger partial charge in [-0.15, -0.1) is 5.10 Å². The molecule has 1 aromatic heterocycles. The summed E-state index contributed by atoms with van der Waals surface area (Å²) in [5.74, 6) is -0.527. The van der Waals surface area contributed by atoms with Crippen LogP contribution in [-0.2, 0) is 0 Å². The Morgan fingerprint density at radius 2 is 2.00 bits per heavy atom. The number of hydrogen-bond acceptors (Lipinski definition) is 4. The fourth-order valence-electron chi connectivity index (χ4n) is 2.24. The number of benzene rings is 2. The first-order chi connectivity index (χ1) is 11.1. The molecule has 0 aliphatic heterocycles. The van der Waals surface area contributed by atoms with Gasteiger partial charge in [-0.2, -0.15) is 0 Å². The summed E-state index contributed by atoms with van der Waals surface area (Å²) in [6.45, 7) is 0. The number of aromatic nitrogens is 3. The normalized spacial score (nSPS) is 10.5. The number of carbonyl (C=O) groups is 1.